The van der Waals surface area contributed by atoms with Crippen molar-refractivity contribution in [2.45, 2.75) is 46.1 Å². The zero-order valence-electron chi connectivity index (χ0n) is 23.1. The highest BCUT2D eigenvalue weighted by atomic mass is 35.5. The summed E-state index contributed by atoms with van der Waals surface area (Å²) >= 11 is 12.1. The van der Waals surface area contributed by atoms with E-state index in [1.165, 1.54) is 0 Å². The van der Waals surface area contributed by atoms with Gasteiger partial charge in [-0.1, -0.05) is 49.2 Å². The average Bonchev–Trinajstić information content (AvgIpc) is 2.88. The van der Waals surface area contributed by atoms with Gasteiger partial charge in [-0.2, -0.15) is 0 Å². The maximum absolute atomic E-state index is 13.1. The van der Waals surface area contributed by atoms with Gasteiger partial charge in [0.25, 0.3) is 5.91 Å². The number of ether oxygens (including phenoxy) is 1. The summed E-state index contributed by atoms with van der Waals surface area (Å²) in [6, 6.07) is 9.12. The van der Waals surface area contributed by atoms with Gasteiger partial charge in [0.15, 0.2) is 12.4 Å². The maximum atomic E-state index is 13.1. The monoisotopic (exact) mass is 636 g/mol. The lowest BCUT2D eigenvalue weighted by molar-refractivity contribution is -0.134. The van der Waals surface area contributed by atoms with Crippen molar-refractivity contribution in [1.82, 2.24) is 15.5 Å². The molecular formula is C28H40Cl4N4O4. The Morgan fingerprint density at radius 3 is 2.42 bits per heavy atom. The first-order valence-corrected chi connectivity index (χ1v) is 13.8. The van der Waals surface area contributed by atoms with E-state index >= 15 is 0 Å². The van der Waals surface area contributed by atoms with E-state index in [1.807, 2.05) is 17.0 Å². The second-order valence-corrected chi connectivity index (χ2v) is 10.7. The van der Waals surface area contributed by atoms with Crippen molar-refractivity contribution >= 4 is 65.5 Å². The van der Waals surface area contributed by atoms with Crippen LogP contribution in [0.4, 0.5) is 5.69 Å². The zero-order chi connectivity index (χ0) is 27.7. The Labute approximate surface area is 259 Å². The van der Waals surface area contributed by atoms with Gasteiger partial charge in [-0.15, -0.1) is 24.8 Å². The Morgan fingerprint density at radius 2 is 1.73 bits per heavy atom. The summed E-state index contributed by atoms with van der Waals surface area (Å²) in [7, 11) is 0. The van der Waals surface area contributed by atoms with Crippen molar-refractivity contribution in [3.8, 4) is 11.5 Å². The molecule has 1 aliphatic heterocycles. The molecule has 0 bridgehead atoms. The van der Waals surface area contributed by atoms with Crippen molar-refractivity contribution in [3.63, 3.8) is 0 Å². The minimum absolute atomic E-state index is 0. The molecule has 3 rings (SSSR count). The standard InChI is InChI=1S/C28H38Cl2N4O4.2ClH/c1-18(2)19(3)34(26(37)10-13-31-11-8-20-4-6-22(29)23(30)16-20)15-14-32-12-9-21-5-7-24(35)27-28(21)38-17-25(36)33-27;;/h4-7,16,18-19,31-32,35H,8-15,17H2,1-3H3,(H,33,36);2*1H. The SMILES string of the molecule is CC(C)C(C)N(CCNCCc1ccc(O)c2c1OCC(=O)N2)C(=O)CCNCCc1ccc(Cl)c(Cl)c1.Cl.Cl. The van der Waals surface area contributed by atoms with Crippen molar-refractivity contribution in [2.24, 2.45) is 5.92 Å². The Balaban J connectivity index is 0.00000400. The molecule has 0 saturated carbocycles. The summed E-state index contributed by atoms with van der Waals surface area (Å²) in [5.74, 6) is 0.701. The van der Waals surface area contributed by atoms with E-state index < -0.39 is 0 Å². The predicted molar refractivity (Wildman–Crippen MR) is 167 cm³/mol. The summed E-state index contributed by atoms with van der Waals surface area (Å²) in [6.07, 6.45) is 1.90. The fraction of sp³-hybridized carbons (Fsp3) is 0.500. The number of phenols is 1. The van der Waals surface area contributed by atoms with Crippen molar-refractivity contribution in [2.75, 3.05) is 44.6 Å². The van der Waals surface area contributed by atoms with Crippen molar-refractivity contribution in [1.29, 1.82) is 0 Å². The lowest BCUT2D eigenvalue weighted by Crippen LogP contribution is -2.45. The van der Waals surface area contributed by atoms with Gasteiger partial charge >= 0.3 is 0 Å². The van der Waals surface area contributed by atoms with Crippen LogP contribution < -0.4 is 20.7 Å². The number of halogens is 4. The van der Waals surface area contributed by atoms with Crippen molar-refractivity contribution < 1.29 is 19.4 Å². The Bertz CT molecular complexity index is 1120. The Kier molecular flexibility index (Phi) is 16.0. The van der Waals surface area contributed by atoms with Gasteiger partial charge in [-0.05, 0) is 68.1 Å². The Hall–Kier alpha value is -1.94. The zero-order valence-corrected chi connectivity index (χ0v) is 26.2. The van der Waals surface area contributed by atoms with E-state index in [4.69, 9.17) is 27.9 Å². The highest BCUT2D eigenvalue weighted by Gasteiger charge is 2.23. The van der Waals surface area contributed by atoms with Gasteiger partial charge in [0.05, 0.1) is 10.0 Å². The molecular weight excluding hydrogens is 598 g/mol. The normalized spacial score (nSPS) is 12.9. The van der Waals surface area contributed by atoms with Gasteiger partial charge in [0.2, 0.25) is 5.91 Å². The van der Waals surface area contributed by atoms with Gasteiger partial charge in [0, 0.05) is 32.1 Å². The first-order chi connectivity index (χ1) is 18.2. The van der Waals surface area contributed by atoms with Crippen LogP contribution in [0.2, 0.25) is 10.0 Å². The number of nitrogens with one attached hydrogen (secondary N) is 3. The lowest BCUT2D eigenvalue weighted by Gasteiger charge is -2.32. The van der Waals surface area contributed by atoms with E-state index in [1.54, 1.807) is 18.2 Å². The van der Waals surface area contributed by atoms with E-state index in [0.29, 0.717) is 66.4 Å². The van der Waals surface area contributed by atoms with Crippen LogP contribution in [0.15, 0.2) is 30.3 Å². The summed E-state index contributed by atoms with van der Waals surface area (Å²) in [5, 5.41) is 20.5. The molecule has 1 unspecified atom stereocenters. The summed E-state index contributed by atoms with van der Waals surface area (Å²) in [5.41, 5.74) is 2.33. The number of hydrogen-bond acceptors (Lipinski definition) is 6. The van der Waals surface area contributed by atoms with Gasteiger partial charge < -0.3 is 30.7 Å². The fourth-order valence-corrected chi connectivity index (χ4v) is 4.59. The van der Waals surface area contributed by atoms with E-state index in [-0.39, 0.29) is 55.0 Å². The number of phenolic OH excluding ortho intramolecular Hbond substituents is 1. The Morgan fingerprint density at radius 1 is 1.02 bits per heavy atom. The van der Waals surface area contributed by atoms with Crippen molar-refractivity contribution in [3.05, 3.63) is 51.5 Å². The van der Waals surface area contributed by atoms with Gasteiger partial charge in [-0.3, -0.25) is 9.59 Å². The number of nitrogens with zero attached hydrogens (tertiary/aromatic N) is 1. The van der Waals surface area contributed by atoms with Crippen LogP contribution in [-0.4, -0.2) is 67.2 Å². The van der Waals surface area contributed by atoms with Crippen LogP contribution in [0.1, 0.15) is 38.3 Å². The predicted octanol–water partition coefficient (Wildman–Crippen LogP) is 5.10. The molecule has 0 aromatic heterocycles. The molecule has 0 fully saturated rings. The average molecular weight is 638 g/mol. The highest BCUT2D eigenvalue weighted by molar-refractivity contribution is 6.42. The first kappa shape index (κ1) is 36.1. The topological polar surface area (TPSA) is 103 Å². The molecule has 2 aromatic rings. The molecule has 1 heterocycles. The van der Waals surface area contributed by atoms with Crippen LogP contribution in [0.5, 0.6) is 11.5 Å². The van der Waals surface area contributed by atoms with Crippen LogP contribution >= 0.6 is 48.0 Å². The smallest absolute Gasteiger partial charge is 0.262 e. The maximum Gasteiger partial charge on any atom is 0.262 e. The molecule has 0 aliphatic carbocycles. The molecule has 12 heteroatoms. The molecule has 1 aliphatic rings. The fourth-order valence-electron chi connectivity index (χ4n) is 4.27. The molecule has 0 radical (unpaired) electrons. The minimum atomic E-state index is -0.284. The number of carbonyl (C=O) groups excluding carboxylic acids is 2. The first-order valence-electron chi connectivity index (χ1n) is 13.1. The number of benzene rings is 2. The quantitative estimate of drug-likeness (QED) is 0.170. The second kappa shape index (κ2) is 17.8. The molecule has 8 nitrogen and oxygen atoms in total. The van der Waals surface area contributed by atoms with Crippen LogP contribution in [-0.2, 0) is 22.4 Å². The van der Waals surface area contributed by atoms with Gasteiger partial charge in [-0.25, -0.2) is 0 Å². The van der Waals surface area contributed by atoms with Crippen LogP contribution in [0.3, 0.4) is 0 Å². The van der Waals surface area contributed by atoms with E-state index in [0.717, 1.165) is 24.1 Å². The number of fused-ring (bicyclic) bond motifs is 1. The molecule has 1 atom stereocenters. The third-order valence-corrected chi connectivity index (χ3v) is 7.54. The van der Waals surface area contributed by atoms with Crippen LogP contribution in [0.25, 0.3) is 0 Å². The summed E-state index contributed by atoms with van der Waals surface area (Å²) < 4.78 is 5.55. The van der Waals surface area contributed by atoms with Gasteiger partial charge in [0.1, 0.15) is 11.4 Å². The molecule has 0 spiro atoms. The number of hydrogen-bond donors (Lipinski definition) is 4. The second-order valence-electron chi connectivity index (χ2n) is 9.86. The molecule has 2 amide bonds. The third-order valence-electron chi connectivity index (χ3n) is 6.80. The highest BCUT2D eigenvalue weighted by Crippen LogP contribution is 2.39. The van der Waals surface area contributed by atoms with E-state index in [9.17, 15) is 14.7 Å². The number of amides is 2. The number of carbonyl (C=O) groups is 2. The molecule has 0 saturated heterocycles. The molecule has 224 valence electrons. The third kappa shape index (κ3) is 10.5. The summed E-state index contributed by atoms with van der Waals surface area (Å²) in [4.78, 5) is 26.6. The molecule has 2 aromatic carbocycles. The number of anilines is 1. The summed E-state index contributed by atoms with van der Waals surface area (Å²) in [6.45, 7) is 9.58. The molecule has 40 heavy (non-hydrogen) atoms. The van der Waals surface area contributed by atoms with E-state index in [2.05, 4.69) is 36.7 Å². The van der Waals surface area contributed by atoms with Crippen LogP contribution in [0, 0.1) is 5.92 Å². The number of aromatic hydroxyl groups is 1. The minimum Gasteiger partial charge on any atom is -0.506 e. The largest absolute Gasteiger partial charge is 0.506 e. The number of rotatable bonds is 14. The lowest BCUT2D eigenvalue weighted by atomic mass is 10.0. The molecule has 4 N–H and O–H groups in total.